The SMILES string of the molecule is NCc1ccc(-c2n[nH]c(Cc3ccc(Cl)cc3)n2)cc1. The van der Waals surface area contributed by atoms with Gasteiger partial charge in [-0.15, -0.1) is 0 Å². The molecule has 2 aromatic carbocycles. The molecular formula is C16H15ClN4. The second-order valence-electron chi connectivity index (χ2n) is 4.81. The summed E-state index contributed by atoms with van der Waals surface area (Å²) in [6.45, 7) is 0.538. The van der Waals surface area contributed by atoms with Gasteiger partial charge in [0.2, 0.25) is 0 Å². The Hall–Kier alpha value is -2.17. The van der Waals surface area contributed by atoms with E-state index in [4.69, 9.17) is 17.3 Å². The van der Waals surface area contributed by atoms with Crippen LogP contribution in [0.5, 0.6) is 0 Å². The van der Waals surface area contributed by atoms with Crippen molar-refractivity contribution in [3.63, 3.8) is 0 Å². The molecule has 1 aromatic heterocycles. The molecule has 3 aromatic rings. The first-order valence-corrected chi connectivity index (χ1v) is 7.07. The number of nitrogens with two attached hydrogens (primary N) is 1. The zero-order chi connectivity index (χ0) is 14.7. The van der Waals surface area contributed by atoms with Gasteiger partial charge in [0.05, 0.1) is 0 Å². The number of aromatic amines is 1. The summed E-state index contributed by atoms with van der Waals surface area (Å²) in [6.07, 6.45) is 0.699. The van der Waals surface area contributed by atoms with Crippen LogP contribution in [0.4, 0.5) is 0 Å². The van der Waals surface area contributed by atoms with E-state index in [1.807, 2.05) is 48.5 Å². The Morgan fingerprint density at radius 2 is 1.62 bits per heavy atom. The van der Waals surface area contributed by atoms with Gasteiger partial charge in [-0.05, 0) is 23.3 Å². The average Bonchev–Trinajstić information content (AvgIpc) is 2.98. The largest absolute Gasteiger partial charge is 0.326 e. The number of rotatable bonds is 4. The minimum absolute atomic E-state index is 0.538. The summed E-state index contributed by atoms with van der Waals surface area (Å²) in [5.41, 5.74) is 8.80. The van der Waals surface area contributed by atoms with Gasteiger partial charge < -0.3 is 5.73 Å². The lowest BCUT2D eigenvalue weighted by Crippen LogP contribution is -1.95. The van der Waals surface area contributed by atoms with Gasteiger partial charge in [0, 0.05) is 23.6 Å². The van der Waals surface area contributed by atoms with E-state index in [1.165, 1.54) is 0 Å². The standard InChI is InChI=1S/C16H15ClN4/c17-14-7-3-11(4-8-14)9-15-19-16(21-20-15)13-5-1-12(10-18)2-6-13/h1-8H,9-10,18H2,(H,19,20,21). The molecule has 1 heterocycles. The monoisotopic (exact) mass is 298 g/mol. The van der Waals surface area contributed by atoms with E-state index in [-0.39, 0.29) is 0 Å². The maximum atomic E-state index is 5.88. The Labute approximate surface area is 128 Å². The number of benzene rings is 2. The molecule has 21 heavy (non-hydrogen) atoms. The molecule has 0 amide bonds. The molecule has 0 bridgehead atoms. The van der Waals surface area contributed by atoms with Crippen molar-refractivity contribution in [2.24, 2.45) is 5.73 Å². The van der Waals surface area contributed by atoms with E-state index >= 15 is 0 Å². The van der Waals surface area contributed by atoms with Gasteiger partial charge in [-0.1, -0.05) is 48.0 Å². The van der Waals surface area contributed by atoms with E-state index in [2.05, 4.69) is 15.2 Å². The molecule has 0 aliphatic rings. The highest BCUT2D eigenvalue weighted by Crippen LogP contribution is 2.17. The molecule has 106 valence electrons. The predicted molar refractivity (Wildman–Crippen MR) is 84.0 cm³/mol. The molecule has 5 heteroatoms. The van der Waals surface area contributed by atoms with E-state index in [0.29, 0.717) is 18.8 Å². The van der Waals surface area contributed by atoms with Crippen molar-refractivity contribution in [3.8, 4) is 11.4 Å². The van der Waals surface area contributed by atoms with E-state index in [0.717, 1.165) is 27.5 Å². The van der Waals surface area contributed by atoms with Gasteiger partial charge in [-0.25, -0.2) is 4.98 Å². The van der Waals surface area contributed by atoms with Gasteiger partial charge in [0.25, 0.3) is 0 Å². The van der Waals surface area contributed by atoms with Gasteiger partial charge >= 0.3 is 0 Å². The summed E-state index contributed by atoms with van der Waals surface area (Å²) in [5.74, 6) is 1.53. The van der Waals surface area contributed by atoms with Crippen LogP contribution in [0.3, 0.4) is 0 Å². The molecule has 0 fully saturated rings. The van der Waals surface area contributed by atoms with Crippen LogP contribution in [0.25, 0.3) is 11.4 Å². The summed E-state index contributed by atoms with van der Waals surface area (Å²) in [7, 11) is 0. The second kappa shape index (κ2) is 6.08. The highest BCUT2D eigenvalue weighted by atomic mass is 35.5. The number of H-pyrrole nitrogens is 1. The third-order valence-corrected chi connectivity index (χ3v) is 3.52. The molecule has 4 nitrogen and oxygen atoms in total. The lowest BCUT2D eigenvalue weighted by molar-refractivity contribution is 0.973. The number of hydrogen-bond acceptors (Lipinski definition) is 3. The predicted octanol–water partition coefficient (Wildman–Crippen LogP) is 3.17. The highest BCUT2D eigenvalue weighted by molar-refractivity contribution is 6.30. The first-order valence-electron chi connectivity index (χ1n) is 6.70. The Kier molecular flexibility index (Phi) is 3.99. The number of nitrogens with zero attached hydrogens (tertiary/aromatic N) is 2. The van der Waals surface area contributed by atoms with Crippen LogP contribution in [-0.2, 0) is 13.0 Å². The number of aromatic nitrogens is 3. The van der Waals surface area contributed by atoms with Crippen LogP contribution >= 0.6 is 11.6 Å². The molecule has 0 aliphatic carbocycles. The molecule has 3 rings (SSSR count). The van der Waals surface area contributed by atoms with Crippen molar-refractivity contribution in [1.82, 2.24) is 15.2 Å². The van der Waals surface area contributed by atoms with Crippen molar-refractivity contribution in [3.05, 3.63) is 70.5 Å². The molecule has 0 saturated heterocycles. The second-order valence-corrected chi connectivity index (χ2v) is 5.25. The molecule has 0 spiro atoms. The van der Waals surface area contributed by atoms with E-state index in [9.17, 15) is 0 Å². The Morgan fingerprint density at radius 3 is 2.29 bits per heavy atom. The van der Waals surface area contributed by atoms with Crippen molar-refractivity contribution in [2.45, 2.75) is 13.0 Å². The fourth-order valence-corrected chi connectivity index (χ4v) is 2.21. The fourth-order valence-electron chi connectivity index (χ4n) is 2.09. The Morgan fingerprint density at radius 1 is 0.952 bits per heavy atom. The third kappa shape index (κ3) is 3.29. The van der Waals surface area contributed by atoms with Crippen molar-refractivity contribution in [2.75, 3.05) is 0 Å². The summed E-state index contributed by atoms with van der Waals surface area (Å²) in [4.78, 5) is 4.52. The maximum Gasteiger partial charge on any atom is 0.181 e. The summed E-state index contributed by atoms with van der Waals surface area (Å²) in [5, 5.41) is 7.97. The third-order valence-electron chi connectivity index (χ3n) is 3.26. The van der Waals surface area contributed by atoms with Crippen molar-refractivity contribution < 1.29 is 0 Å². The minimum atomic E-state index is 0.538. The molecule has 0 aliphatic heterocycles. The van der Waals surface area contributed by atoms with Gasteiger partial charge in [0.1, 0.15) is 5.82 Å². The topological polar surface area (TPSA) is 67.6 Å². The zero-order valence-electron chi connectivity index (χ0n) is 11.4. The van der Waals surface area contributed by atoms with Gasteiger partial charge in [-0.3, -0.25) is 5.10 Å². The van der Waals surface area contributed by atoms with E-state index in [1.54, 1.807) is 0 Å². The first kappa shape index (κ1) is 13.8. The lowest BCUT2D eigenvalue weighted by Gasteiger charge is -1.98. The molecular weight excluding hydrogens is 284 g/mol. The van der Waals surface area contributed by atoms with Gasteiger partial charge in [-0.2, -0.15) is 5.10 Å². The average molecular weight is 299 g/mol. The van der Waals surface area contributed by atoms with E-state index < -0.39 is 0 Å². The molecule has 0 saturated carbocycles. The van der Waals surface area contributed by atoms with Crippen molar-refractivity contribution in [1.29, 1.82) is 0 Å². The summed E-state index contributed by atoms with van der Waals surface area (Å²) >= 11 is 5.88. The van der Waals surface area contributed by atoms with Gasteiger partial charge in [0.15, 0.2) is 5.82 Å². The molecule has 3 N–H and O–H groups in total. The Balaban J connectivity index is 1.77. The quantitative estimate of drug-likeness (QED) is 0.777. The Bertz CT molecular complexity index is 717. The summed E-state index contributed by atoms with van der Waals surface area (Å²) in [6, 6.07) is 15.7. The highest BCUT2D eigenvalue weighted by Gasteiger charge is 2.06. The van der Waals surface area contributed by atoms with Crippen LogP contribution in [0.15, 0.2) is 48.5 Å². The first-order chi connectivity index (χ1) is 10.2. The fraction of sp³-hybridized carbons (Fsp3) is 0.125. The van der Waals surface area contributed by atoms with Crippen LogP contribution in [0.2, 0.25) is 5.02 Å². The minimum Gasteiger partial charge on any atom is -0.326 e. The number of nitrogens with one attached hydrogen (secondary N) is 1. The maximum absolute atomic E-state index is 5.88. The smallest absolute Gasteiger partial charge is 0.181 e. The normalized spacial score (nSPS) is 10.8. The number of halogens is 1. The molecule has 0 unspecified atom stereocenters. The van der Waals surface area contributed by atoms with Crippen LogP contribution in [0, 0.1) is 0 Å². The summed E-state index contributed by atoms with van der Waals surface area (Å²) < 4.78 is 0. The number of hydrogen-bond donors (Lipinski definition) is 2. The van der Waals surface area contributed by atoms with Crippen LogP contribution < -0.4 is 5.73 Å². The van der Waals surface area contributed by atoms with Crippen molar-refractivity contribution >= 4 is 11.6 Å². The zero-order valence-corrected chi connectivity index (χ0v) is 12.1. The van der Waals surface area contributed by atoms with Crippen LogP contribution in [-0.4, -0.2) is 15.2 Å². The van der Waals surface area contributed by atoms with Crippen LogP contribution in [0.1, 0.15) is 17.0 Å². The molecule has 0 atom stereocenters. The molecule has 0 radical (unpaired) electrons. The lowest BCUT2D eigenvalue weighted by atomic mass is 10.1.